The summed E-state index contributed by atoms with van der Waals surface area (Å²) < 4.78 is 5.41. The Morgan fingerprint density at radius 1 is 1.40 bits per heavy atom. The number of carbonyl (C=O) groups is 1. The lowest BCUT2D eigenvalue weighted by molar-refractivity contribution is 0.220. The largest absolute Gasteiger partial charge is 0.495 e. The number of methoxy groups -OCH3 is 1. The Labute approximate surface area is 120 Å². The van der Waals surface area contributed by atoms with E-state index < -0.39 is 0 Å². The molecule has 4 heteroatoms. The zero-order valence-corrected chi connectivity index (χ0v) is 12.2. The summed E-state index contributed by atoms with van der Waals surface area (Å²) >= 11 is 0. The summed E-state index contributed by atoms with van der Waals surface area (Å²) in [6, 6.07) is 4.04. The van der Waals surface area contributed by atoms with E-state index >= 15 is 0 Å². The molecular formula is C16H22N2O2. The second-order valence-electron chi connectivity index (χ2n) is 5.89. The van der Waals surface area contributed by atoms with Gasteiger partial charge in [-0.1, -0.05) is 6.07 Å². The third-order valence-electron chi connectivity index (χ3n) is 4.27. The molecule has 0 atom stereocenters. The maximum absolute atomic E-state index is 12.3. The molecule has 108 valence electrons. The highest BCUT2D eigenvalue weighted by atomic mass is 16.5. The number of fused-ring (bicyclic) bond motifs is 1. The van der Waals surface area contributed by atoms with Crippen LogP contribution in [0, 0.1) is 5.92 Å². The second-order valence-corrected chi connectivity index (χ2v) is 5.89. The Bertz CT molecular complexity index is 523. The zero-order valence-electron chi connectivity index (χ0n) is 12.2. The number of urea groups is 1. The maximum atomic E-state index is 12.3. The number of rotatable bonds is 4. The normalized spacial score (nSPS) is 16.7. The Hall–Kier alpha value is -1.71. The van der Waals surface area contributed by atoms with E-state index in [9.17, 15) is 4.79 Å². The highest BCUT2D eigenvalue weighted by Crippen LogP contribution is 2.36. The van der Waals surface area contributed by atoms with E-state index in [0.29, 0.717) is 5.92 Å². The summed E-state index contributed by atoms with van der Waals surface area (Å²) in [4.78, 5) is 14.1. The van der Waals surface area contributed by atoms with E-state index in [1.807, 2.05) is 13.1 Å². The van der Waals surface area contributed by atoms with E-state index in [4.69, 9.17) is 4.74 Å². The van der Waals surface area contributed by atoms with Gasteiger partial charge in [0.2, 0.25) is 0 Å². The predicted molar refractivity (Wildman–Crippen MR) is 79.4 cm³/mol. The van der Waals surface area contributed by atoms with Crippen LogP contribution in [0.4, 0.5) is 10.5 Å². The van der Waals surface area contributed by atoms with Crippen molar-refractivity contribution in [2.75, 3.05) is 26.0 Å². The van der Waals surface area contributed by atoms with Crippen molar-refractivity contribution >= 4 is 11.7 Å². The van der Waals surface area contributed by atoms with Gasteiger partial charge in [-0.05, 0) is 55.2 Å². The fourth-order valence-electron chi connectivity index (χ4n) is 2.93. The molecule has 0 radical (unpaired) electrons. The van der Waals surface area contributed by atoms with Gasteiger partial charge in [0, 0.05) is 13.6 Å². The Kier molecular flexibility index (Phi) is 3.55. The van der Waals surface area contributed by atoms with Crippen molar-refractivity contribution in [1.29, 1.82) is 0 Å². The van der Waals surface area contributed by atoms with E-state index in [2.05, 4.69) is 11.4 Å². The lowest BCUT2D eigenvalue weighted by atomic mass is 10.1. The van der Waals surface area contributed by atoms with Crippen LogP contribution in [-0.2, 0) is 12.8 Å². The zero-order chi connectivity index (χ0) is 14.1. The molecule has 1 saturated carbocycles. The minimum Gasteiger partial charge on any atom is -0.495 e. The quantitative estimate of drug-likeness (QED) is 0.917. The fourth-order valence-corrected chi connectivity index (χ4v) is 2.93. The van der Waals surface area contributed by atoms with Gasteiger partial charge in [0.15, 0.2) is 0 Å². The standard InChI is InChI=1S/C16H22N2O2/c1-18(10-11-6-7-11)16(19)17-15-13-5-3-4-12(13)8-9-14(15)20-2/h8-9,11H,3-7,10H2,1-2H3,(H,17,19). The first kappa shape index (κ1) is 13.3. The van der Waals surface area contributed by atoms with Crippen molar-refractivity contribution < 1.29 is 9.53 Å². The minimum absolute atomic E-state index is 0.0319. The van der Waals surface area contributed by atoms with E-state index in [-0.39, 0.29) is 6.03 Å². The Balaban J connectivity index is 1.78. The fraction of sp³-hybridized carbons (Fsp3) is 0.562. The summed E-state index contributed by atoms with van der Waals surface area (Å²) in [5.74, 6) is 1.47. The van der Waals surface area contributed by atoms with Gasteiger partial charge in [-0.15, -0.1) is 0 Å². The van der Waals surface area contributed by atoms with Gasteiger partial charge < -0.3 is 15.0 Å². The van der Waals surface area contributed by atoms with Crippen LogP contribution in [0.3, 0.4) is 0 Å². The molecule has 2 amide bonds. The molecule has 0 aliphatic heterocycles. The van der Waals surface area contributed by atoms with Gasteiger partial charge in [-0.3, -0.25) is 0 Å². The lowest BCUT2D eigenvalue weighted by Gasteiger charge is -2.20. The first-order valence-corrected chi connectivity index (χ1v) is 7.40. The number of aryl methyl sites for hydroxylation is 1. The van der Waals surface area contributed by atoms with Gasteiger partial charge in [0.25, 0.3) is 0 Å². The van der Waals surface area contributed by atoms with E-state index in [0.717, 1.165) is 37.2 Å². The monoisotopic (exact) mass is 274 g/mol. The topological polar surface area (TPSA) is 41.6 Å². The third-order valence-corrected chi connectivity index (χ3v) is 4.27. The molecule has 4 nitrogen and oxygen atoms in total. The number of nitrogens with zero attached hydrogens (tertiary/aromatic N) is 1. The van der Waals surface area contributed by atoms with Gasteiger partial charge in [0.05, 0.1) is 12.8 Å². The molecule has 2 aliphatic rings. The van der Waals surface area contributed by atoms with Crippen molar-refractivity contribution in [3.05, 3.63) is 23.3 Å². The Morgan fingerprint density at radius 3 is 2.90 bits per heavy atom. The number of benzene rings is 1. The van der Waals surface area contributed by atoms with Crippen LogP contribution in [0.2, 0.25) is 0 Å². The molecule has 2 aliphatic carbocycles. The number of hydrogen-bond donors (Lipinski definition) is 1. The van der Waals surface area contributed by atoms with Crippen LogP contribution in [-0.4, -0.2) is 31.6 Å². The summed E-state index contributed by atoms with van der Waals surface area (Å²) in [5, 5.41) is 3.06. The molecule has 0 heterocycles. The third kappa shape index (κ3) is 2.60. The first-order valence-electron chi connectivity index (χ1n) is 7.40. The van der Waals surface area contributed by atoms with Crippen LogP contribution < -0.4 is 10.1 Å². The molecule has 0 spiro atoms. The molecule has 3 rings (SSSR count). The van der Waals surface area contributed by atoms with Crippen molar-refractivity contribution in [3.63, 3.8) is 0 Å². The summed E-state index contributed by atoms with van der Waals surface area (Å²) in [6.45, 7) is 0.850. The summed E-state index contributed by atoms with van der Waals surface area (Å²) in [5.41, 5.74) is 3.46. The second kappa shape index (κ2) is 5.35. The van der Waals surface area contributed by atoms with Crippen LogP contribution in [0.25, 0.3) is 0 Å². The van der Waals surface area contributed by atoms with Crippen molar-refractivity contribution in [2.24, 2.45) is 5.92 Å². The highest BCUT2D eigenvalue weighted by molar-refractivity contribution is 5.92. The Morgan fingerprint density at radius 2 is 2.20 bits per heavy atom. The highest BCUT2D eigenvalue weighted by Gasteiger charge is 2.26. The number of anilines is 1. The molecule has 1 fully saturated rings. The molecule has 0 saturated heterocycles. The van der Waals surface area contributed by atoms with Crippen LogP contribution in [0.1, 0.15) is 30.4 Å². The average molecular weight is 274 g/mol. The molecule has 1 N–H and O–H groups in total. The molecule has 0 bridgehead atoms. The van der Waals surface area contributed by atoms with Gasteiger partial charge in [-0.2, -0.15) is 0 Å². The number of amides is 2. The number of nitrogens with one attached hydrogen (secondary N) is 1. The van der Waals surface area contributed by atoms with Crippen molar-refractivity contribution in [2.45, 2.75) is 32.1 Å². The molecule has 1 aromatic rings. The van der Waals surface area contributed by atoms with Crippen LogP contribution >= 0.6 is 0 Å². The molecule has 20 heavy (non-hydrogen) atoms. The number of hydrogen-bond acceptors (Lipinski definition) is 2. The molecular weight excluding hydrogens is 252 g/mol. The first-order chi connectivity index (χ1) is 9.69. The van der Waals surface area contributed by atoms with Gasteiger partial charge >= 0.3 is 6.03 Å². The van der Waals surface area contributed by atoms with E-state index in [1.54, 1.807) is 12.0 Å². The molecule has 0 unspecified atom stereocenters. The van der Waals surface area contributed by atoms with E-state index in [1.165, 1.54) is 24.0 Å². The van der Waals surface area contributed by atoms with Crippen LogP contribution in [0.15, 0.2) is 12.1 Å². The average Bonchev–Trinajstić information content (AvgIpc) is 3.12. The number of ether oxygens (including phenoxy) is 1. The van der Waals surface area contributed by atoms with Gasteiger partial charge in [-0.25, -0.2) is 4.79 Å². The molecule has 0 aromatic heterocycles. The minimum atomic E-state index is -0.0319. The van der Waals surface area contributed by atoms with Crippen molar-refractivity contribution in [1.82, 2.24) is 4.90 Å². The lowest BCUT2D eigenvalue weighted by Crippen LogP contribution is -2.33. The van der Waals surface area contributed by atoms with Crippen LogP contribution in [0.5, 0.6) is 5.75 Å². The summed E-state index contributed by atoms with van der Waals surface area (Å²) in [6.07, 6.45) is 5.78. The smallest absolute Gasteiger partial charge is 0.321 e. The van der Waals surface area contributed by atoms with Crippen molar-refractivity contribution in [3.8, 4) is 5.75 Å². The number of carbonyl (C=O) groups excluding carboxylic acids is 1. The summed E-state index contributed by atoms with van der Waals surface area (Å²) in [7, 11) is 3.52. The maximum Gasteiger partial charge on any atom is 0.321 e. The predicted octanol–water partition coefficient (Wildman–Crippen LogP) is 3.06. The van der Waals surface area contributed by atoms with Gasteiger partial charge in [0.1, 0.15) is 5.75 Å². The molecule has 1 aromatic carbocycles. The SMILES string of the molecule is COc1ccc2c(c1NC(=O)N(C)CC1CC1)CCC2.